The van der Waals surface area contributed by atoms with Crippen LogP contribution in [0.25, 0.3) is 33.3 Å². The van der Waals surface area contributed by atoms with Crippen LogP contribution >= 0.6 is 0 Å². The predicted octanol–water partition coefficient (Wildman–Crippen LogP) is 15.0. The predicted molar refractivity (Wildman–Crippen MR) is 269 cm³/mol. The number of pyridine rings is 1. The summed E-state index contributed by atoms with van der Waals surface area (Å²) in [6.45, 7) is 18.1. The van der Waals surface area contributed by atoms with E-state index in [-0.39, 0.29) is 37.3 Å². The Bertz CT molecular complexity index is 3130. The summed E-state index contributed by atoms with van der Waals surface area (Å²) in [7, 11) is 0. The van der Waals surface area contributed by atoms with Crippen LogP contribution in [-0.2, 0) is 37.3 Å². The van der Waals surface area contributed by atoms with Gasteiger partial charge in [0.1, 0.15) is 5.82 Å². The first-order valence-electron chi connectivity index (χ1n) is 22.4. The van der Waals surface area contributed by atoms with Gasteiger partial charge in [-0.1, -0.05) is 169 Å². The number of nitrogens with zero attached hydrogens (tertiary/aromatic N) is 4. The van der Waals surface area contributed by atoms with E-state index >= 15 is 0 Å². The Labute approximate surface area is 404 Å². The standard InChI is InChI=1S/C60H53N4O.Pt/c1-58(2,3)45-32-33-61-57(37-45)64-54-29-18-17-28-52(54)53-31-30-51(39-55(53)64)65-50-27-19-26-48(38-50)62-40-56(42-20-11-8-12-21-42)63(41-62)49-35-46(59(4,5)43-22-13-9-14-23-43)34-47(36-49)60(6,7)44-24-15-10-16-25-44;/h8-37,40-41H,1-7H3;/q-3;. The van der Waals surface area contributed by atoms with E-state index in [1.165, 1.54) is 27.8 Å². The van der Waals surface area contributed by atoms with Crippen molar-refractivity contribution >= 4 is 38.9 Å². The third-order valence-corrected chi connectivity index (χ3v) is 13.1. The molecular weight excluding hydrogens is 988 g/mol. The Morgan fingerprint density at radius 3 is 1.79 bits per heavy atom. The van der Waals surface area contributed by atoms with Gasteiger partial charge in [0.2, 0.25) is 0 Å². The summed E-state index contributed by atoms with van der Waals surface area (Å²) in [5, 5.41) is 2.23. The van der Waals surface area contributed by atoms with E-state index in [2.05, 4.69) is 246 Å². The fourth-order valence-corrected chi connectivity index (χ4v) is 9.03. The molecule has 332 valence electrons. The molecule has 0 radical (unpaired) electrons. The molecule has 6 heteroatoms. The topological polar surface area (TPSA) is 33.5 Å². The van der Waals surface area contributed by atoms with Crippen LogP contribution in [0.3, 0.4) is 0 Å². The largest absolute Gasteiger partial charge is 0.509 e. The Balaban J connectivity index is 0.00000548. The molecule has 1 aliphatic heterocycles. The number of benzene rings is 7. The van der Waals surface area contributed by atoms with E-state index in [4.69, 9.17) is 9.72 Å². The molecule has 1 aliphatic rings. The van der Waals surface area contributed by atoms with Gasteiger partial charge in [0, 0.05) is 66.5 Å². The maximum absolute atomic E-state index is 6.65. The second kappa shape index (κ2) is 17.6. The van der Waals surface area contributed by atoms with Gasteiger partial charge >= 0.3 is 0 Å². The fourth-order valence-electron chi connectivity index (χ4n) is 9.03. The van der Waals surface area contributed by atoms with E-state index < -0.39 is 0 Å². The molecule has 0 atom stereocenters. The van der Waals surface area contributed by atoms with E-state index in [0.717, 1.165) is 50.3 Å². The summed E-state index contributed by atoms with van der Waals surface area (Å²) in [6, 6.07) is 69.5. The van der Waals surface area contributed by atoms with Gasteiger partial charge in [0.25, 0.3) is 0 Å². The number of hydrogen-bond acceptors (Lipinski definition) is 4. The number of aromatic nitrogens is 2. The average molecular weight is 1040 g/mol. The van der Waals surface area contributed by atoms with Crippen molar-refractivity contribution in [2.24, 2.45) is 0 Å². The number of anilines is 2. The van der Waals surface area contributed by atoms with Crippen LogP contribution in [0.15, 0.2) is 188 Å². The normalized spacial score (nSPS) is 13.2. The summed E-state index contributed by atoms with van der Waals surface area (Å²) >= 11 is 0. The summed E-state index contributed by atoms with van der Waals surface area (Å²) in [4.78, 5) is 9.32. The molecular formula is C60H53N4OPt-3. The Morgan fingerprint density at radius 2 is 1.14 bits per heavy atom. The molecule has 3 heterocycles. The van der Waals surface area contributed by atoms with Crippen molar-refractivity contribution in [2.45, 2.75) is 64.7 Å². The van der Waals surface area contributed by atoms with Gasteiger partial charge in [-0.3, -0.25) is 0 Å². The van der Waals surface area contributed by atoms with Gasteiger partial charge in [-0.25, -0.2) is 4.98 Å². The maximum Gasteiger partial charge on any atom is 0.135 e. The second-order valence-corrected chi connectivity index (χ2v) is 19.1. The van der Waals surface area contributed by atoms with Crippen molar-refractivity contribution in [1.82, 2.24) is 9.55 Å². The minimum atomic E-state index is -0.268. The SMILES string of the molecule is CC(C)(C)c1ccnc(-n2c3[c-]c(Oc4[c-]c(N5C=C(c6ccccc6)N(c6cc(C(C)(C)c7ccccc7)cc(C(C)(C)c7ccccc7)c6)[CH-]5)ccc4)ccc3c3ccccc32)c1.[Pt]. The van der Waals surface area contributed by atoms with Crippen molar-refractivity contribution in [2.75, 3.05) is 9.80 Å². The molecule has 0 bridgehead atoms. The third-order valence-electron chi connectivity index (χ3n) is 13.1. The van der Waals surface area contributed by atoms with E-state index in [1.807, 2.05) is 24.4 Å². The van der Waals surface area contributed by atoms with Crippen LogP contribution in [0, 0.1) is 18.8 Å². The van der Waals surface area contributed by atoms with Crippen LogP contribution in [0.1, 0.15) is 81.8 Å². The van der Waals surface area contributed by atoms with Crippen LogP contribution in [0.5, 0.6) is 11.5 Å². The molecule has 5 nitrogen and oxygen atoms in total. The first kappa shape index (κ1) is 44.5. The Kier molecular flexibility index (Phi) is 11.9. The number of para-hydroxylation sites is 1. The van der Waals surface area contributed by atoms with Gasteiger partial charge < -0.3 is 19.1 Å². The van der Waals surface area contributed by atoms with Crippen LogP contribution in [0.2, 0.25) is 0 Å². The van der Waals surface area contributed by atoms with Gasteiger partial charge in [-0.2, -0.15) is 12.1 Å². The van der Waals surface area contributed by atoms with E-state index in [1.54, 1.807) is 0 Å². The minimum absolute atomic E-state index is 0. The maximum atomic E-state index is 6.65. The zero-order chi connectivity index (χ0) is 44.9. The number of ether oxygens (including phenoxy) is 1. The molecule has 0 saturated heterocycles. The number of hydrogen-bond donors (Lipinski definition) is 0. The van der Waals surface area contributed by atoms with Crippen LogP contribution in [-0.4, -0.2) is 9.55 Å². The van der Waals surface area contributed by atoms with Crippen molar-refractivity contribution in [3.05, 3.63) is 241 Å². The van der Waals surface area contributed by atoms with Gasteiger partial charge in [-0.15, -0.1) is 48.1 Å². The zero-order valence-corrected chi connectivity index (χ0v) is 40.8. The molecule has 0 fully saturated rings. The van der Waals surface area contributed by atoms with Crippen molar-refractivity contribution < 1.29 is 25.8 Å². The molecule has 0 aliphatic carbocycles. The van der Waals surface area contributed by atoms with Crippen molar-refractivity contribution in [1.29, 1.82) is 0 Å². The number of rotatable bonds is 10. The summed E-state index contributed by atoms with van der Waals surface area (Å²) in [6.07, 6.45) is 4.09. The van der Waals surface area contributed by atoms with Crippen molar-refractivity contribution in [3.63, 3.8) is 0 Å². The number of fused-ring (bicyclic) bond motifs is 3. The van der Waals surface area contributed by atoms with Crippen LogP contribution < -0.4 is 14.5 Å². The monoisotopic (exact) mass is 1040 g/mol. The quantitative estimate of drug-likeness (QED) is 0.128. The molecule has 0 unspecified atom stereocenters. The summed E-state index contributed by atoms with van der Waals surface area (Å²) in [5.74, 6) is 2.04. The van der Waals surface area contributed by atoms with Gasteiger partial charge in [0.15, 0.2) is 0 Å². The molecule has 66 heavy (non-hydrogen) atoms. The van der Waals surface area contributed by atoms with Crippen LogP contribution in [0.4, 0.5) is 11.4 Å². The Hall–Kier alpha value is -6.68. The molecule has 0 spiro atoms. The molecule has 9 aromatic rings. The van der Waals surface area contributed by atoms with Gasteiger partial charge in [0.05, 0.1) is 0 Å². The summed E-state index contributed by atoms with van der Waals surface area (Å²) in [5.41, 5.74) is 11.7. The molecule has 0 N–H and O–H groups in total. The minimum Gasteiger partial charge on any atom is -0.509 e. The summed E-state index contributed by atoms with van der Waals surface area (Å²) < 4.78 is 8.84. The molecule has 7 aromatic carbocycles. The molecule has 2 aromatic heterocycles. The zero-order valence-electron chi connectivity index (χ0n) is 38.5. The average Bonchev–Trinajstić information content (AvgIpc) is 3.92. The first-order valence-corrected chi connectivity index (χ1v) is 22.4. The molecule has 0 saturated carbocycles. The van der Waals surface area contributed by atoms with E-state index in [9.17, 15) is 0 Å². The second-order valence-electron chi connectivity index (χ2n) is 19.1. The smallest absolute Gasteiger partial charge is 0.135 e. The molecule has 0 amide bonds. The van der Waals surface area contributed by atoms with E-state index in [0.29, 0.717) is 11.5 Å². The Morgan fingerprint density at radius 1 is 0.530 bits per heavy atom. The molecule has 10 rings (SSSR count). The third kappa shape index (κ3) is 8.38. The van der Waals surface area contributed by atoms with Gasteiger partial charge in [-0.05, 0) is 80.7 Å². The first-order chi connectivity index (χ1) is 31.3. The fraction of sp³-hybridized carbons (Fsp3) is 0.167. The van der Waals surface area contributed by atoms with Crippen molar-refractivity contribution in [3.8, 4) is 17.3 Å².